The van der Waals surface area contributed by atoms with Gasteiger partial charge in [0, 0.05) is 6.54 Å². The first kappa shape index (κ1) is 16.4. The normalized spacial score (nSPS) is 11.7. The van der Waals surface area contributed by atoms with E-state index in [4.69, 9.17) is 5.73 Å². The molecule has 0 bridgehead atoms. The summed E-state index contributed by atoms with van der Waals surface area (Å²) in [6.07, 6.45) is -1.26. The van der Waals surface area contributed by atoms with Gasteiger partial charge in [0.2, 0.25) is 0 Å². The maximum Gasteiger partial charge on any atom is 0.416 e. The summed E-state index contributed by atoms with van der Waals surface area (Å²) in [6.45, 7) is 3.23. The van der Waals surface area contributed by atoms with Crippen LogP contribution in [0, 0.1) is 0 Å². The number of rotatable bonds is 6. The highest BCUT2D eigenvalue weighted by atomic mass is 19.4. The van der Waals surface area contributed by atoms with Crippen LogP contribution in [0.4, 0.5) is 18.9 Å². The van der Waals surface area contributed by atoms with Crippen LogP contribution in [-0.2, 0) is 12.6 Å². The molecule has 0 saturated heterocycles. The molecular weight excluding hydrogens is 293 g/mol. The van der Waals surface area contributed by atoms with E-state index in [1.807, 2.05) is 6.92 Å². The first-order chi connectivity index (χ1) is 10.5. The van der Waals surface area contributed by atoms with Crippen LogP contribution in [0.5, 0.6) is 0 Å². The first-order valence-corrected chi connectivity index (χ1v) is 7.15. The molecule has 0 atom stereocenters. The van der Waals surface area contributed by atoms with Gasteiger partial charge in [-0.05, 0) is 37.6 Å². The quantitative estimate of drug-likeness (QED) is 0.805. The summed E-state index contributed by atoms with van der Waals surface area (Å²) in [5, 5.41) is 7.43. The number of hydrogen-bond acceptors (Lipinski definition) is 3. The lowest BCUT2D eigenvalue weighted by atomic mass is 10.2. The monoisotopic (exact) mass is 312 g/mol. The summed E-state index contributed by atoms with van der Waals surface area (Å²) in [5.41, 5.74) is 6.84. The Balaban J connectivity index is 2.33. The van der Waals surface area contributed by atoms with Gasteiger partial charge in [0.1, 0.15) is 0 Å². The zero-order chi connectivity index (χ0) is 16.2. The molecule has 1 heterocycles. The van der Waals surface area contributed by atoms with E-state index < -0.39 is 11.7 Å². The number of benzene rings is 1. The van der Waals surface area contributed by atoms with Gasteiger partial charge in [0.25, 0.3) is 0 Å². The maximum atomic E-state index is 12.8. The van der Waals surface area contributed by atoms with Gasteiger partial charge >= 0.3 is 6.18 Å². The van der Waals surface area contributed by atoms with Crippen molar-refractivity contribution in [3.63, 3.8) is 0 Å². The zero-order valence-electron chi connectivity index (χ0n) is 12.3. The molecule has 0 aliphatic carbocycles. The Hall–Kier alpha value is -2.02. The average molecular weight is 312 g/mol. The van der Waals surface area contributed by atoms with Crippen LogP contribution in [0.25, 0.3) is 5.69 Å². The molecule has 120 valence electrons. The summed E-state index contributed by atoms with van der Waals surface area (Å²) in [5.74, 6) is 0. The lowest BCUT2D eigenvalue weighted by Gasteiger charge is -2.12. The van der Waals surface area contributed by atoms with Crippen molar-refractivity contribution in [3.05, 3.63) is 41.7 Å². The minimum atomic E-state index is -4.36. The van der Waals surface area contributed by atoms with Gasteiger partial charge in [-0.15, -0.1) is 0 Å². The van der Waals surface area contributed by atoms with Crippen LogP contribution < -0.4 is 11.1 Å². The van der Waals surface area contributed by atoms with E-state index in [1.54, 1.807) is 16.9 Å². The third-order valence-corrected chi connectivity index (χ3v) is 3.32. The van der Waals surface area contributed by atoms with Gasteiger partial charge in [-0.1, -0.05) is 13.0 Å². The summed E-state index contributed by atoms with van der Waals surface area (Å²) in [7, 11) is 0. The second kappa shape index (κ2) is 6.83. The summed E-state index contributed by atoms with van der Waals surface area (Å²) in [4.78, 5) is 0. The number of nitrogens with zero attached hydrogens (tertiary/aromatic N) is 2. The fraction of sp³-hybridized carbons (Fsp3) is 0.400. The predicted molar refractivity (Wildman–Crippen MR) is 80.1 cm³/mol. The van der Waals surface area contributed by atoms with Gasteiger partial charge in [0.15, 0.2) is 0 Å². The van der Waals surface area contributed by atoms with Gasteiger partial charge in [-0.25, -0.2) is 4.68 Å². The molecule has 0 unspecified atom stereocenters. The van der Waals surface area contributed by atoms with Crippen LogP contribution >= 0.6 is 0 Å². The molecule has 2 rings (SSSR count). The standard InChI is InChI=1S/C15H19F3N4/c1-2-14-13(20-8-4-7-19)10-21-22(14)12-6-3-5-11(9-12)15(16,17)18/h3,5-6,9-10,20H,2,4,7-8,19H2,1H3. The minimum Gasteiger partial charge on any atom is -0.382 e. The van der Waals surface area contributed by atoms with E-state index in [0.717, 1.165) is 29.9 Å². The molecule has 4 nitrogen and oxygen atoms in total. The van der Waals surface area contributed by atoms with E-state index in [2.05, 4.69) is 10.4 Å². The van der Waals surface area contributed by atoms with Crippen molar-refractivity contribution in [3.8, 4) is 5.69 Å². The molecule has 1 aromatic carbocycles. The van der Waals surface area contributed by atoms with Gasteiger partial charge in [-0.3, -0.25) is 0 Å². The van der Waals surface area contributed by atoms with E-state index in [1.165, 1.54) is 6.07 Å². The number of alkyl halides is 3. The van der Waals surface area contributed by atoms with Gasteiger partial charge in [-0.2, -0.15) is 18.3 Å². The van der Waals surface area contributed by atoms with Crippen molar-refractivity contribution >= 4 is 5.69 Å². The van der Waals surface area contributed by atoms with Crippen molar-refractivity contribution in [1.82, 2.24) is 9.78 Å². The number of nitrogens with two attached hydrogens (primary N) is 1. The van der Waals surface area contributed by atoms with E-state index in [0.29, 0.717) is 25.2 Å². The molecule has 1 aromatic heterocycles. The third-order valence-electron chi connectivity index (χ3n) is 3.32. The highest BCUT2D eigenvalue weighted by Gasteiger charge is 2.30. The second-order valence-corrected chi connectivity index (χ2v) is 4.89. The second-order valence-electron chi connectivity index (χ2n) is 4.89. The number of anilines is 1. The predicted octanol–water partition coefficient (Wildman–Crippen LogP) is 3.21. The molecule has 0 saturated carbocycles. The maximum absolute atomic E-state index is 12.8. The average Bonchev–Trinajstić information content (AvgIpc) is 2.90. The third kappa shape index (κ3) is 3.59. The van der Waals surface area contributed by atoms with Crippen molar-refractivity contribution in [2.75, 3.05) is 18.4 Å². The van der Waals surface area contributed by atoms with Crippen LogP contribution in [0.15, 0.2) is 30.5 Å². The fourth-order valence-electron chi connectivity index (χ4n) is 2.22. The van der Waals surface area contributed by atoms with Crippen molar-refractivity contribution < 1.29 is 13.2 Å². The Bertz CT molecular complexity index is 619. The molecule has 0 amide bonds. The highest BCUT2D eigenvalue weighted by Crippen LogP contribution is 2.31. The number of nitrogens with one attached hydrogen (secondary N) is 1. The van der Waals surface area contributed by atoms with Crippen LogP contribution in [0.1, 0.15) is 24.6 Å². The molecule has 7 heteroatoms. The fourth-order valence-corrected chi connectivity index (χ4v) is 2.22. The summed E-state index contributed by atoms with van der Waals surface area (Å²) in [6, 6.07) is 5.17. The summed E-state index contributed by atoms with van der Waals surface area (Å²) < 4.78 is 40.0. The molecule has 0 aliphatic heterocycles. The van der Waals surface area contributed by atoms with Crippen LogP contribution in [-0.4, -0.2) is 22.9 Å². The van der Waals surface area contributed by atoms with Gasteiger partial charge in [0.05, 0.1) is 28.8 Å². The molecule has 3 N–H and O–H groups in total. The molecule has 0 radical (unpaired) electrons. The lowest BCUT2D eigenvalue weighted by Crippen LogP contribution is -2.10. The van der Waals surface area contributed by atoms with E-state index >= 15 is 0 Å². The zero-order valence-corrected chi connectivity index (χ0v) is 12.3. The van der Waals surface area contributed by atoms with Crippen LogP contribution in [0.2, 0.25) is 0 Å². The first-order valence-electron chi connectivity index (χ1n) is 7.15. The van der Waals surface area contributed by atoms with E-state index in [9.17, 15) is 13.2 Å². The van der Waals surface area contributed by atoms with Gasteiger partial charge < -0.3 is 11.1 Å². The molecule has 0 fully saturated rings. The molecule has 22 heavy (non-hydrogen) atoms. The Morgan fingerprint density at radius 1 is 1.32 bits per heavy atom. The highest BCUT2D eigenvalue weighted by molar-refractivity contribution is 5.50. The Labute approximate surface area is 127 Å². The minimum absolute atomic E-state index is 0.401. The Morgan fingerprint density at radius 3 is 2.73 bits per heavy atom. The van der Waals surface area contributed by atoms with Crippen molar-refractivity contribution in [2.24, 2.45) is 5.73 Å². The molecule has 0 aliphatic rings. The molecular formula is C15H19F3N4. The number of hydrogen-bond donors (Lipinski definition) is 2. The largest absolute Gasteiger partial charge is 0.416 e. The topological polar surface area (TPSA) is 55.9 Å². The Kier molecular flexibility index (Phi) is 5.07. The number of halogens is 3. The van der Waals surface area contributed by atoms with Crippen molar-refractivity contribution in [1.29, 1.82) is 0 Å². The van der Waals surface area contributed by atoms with Crippen LogP contribution in [0.3, 0.4) is 0 Å². The Morgan fingerprint density at radius 2 is 2.09 bits per heavy atom. The SMILES string of the molecule is CCc1c(NCCCN)cnn1-c1cccc(C(F)(F)F)c1. The summed E-state index contributed by atoms with van der Waals surface area (Å²) >= 11 is 0. The van der Waals surface area contributed by atoms with Crippen molar-refractivity contribution in [2.45, 2.75) is 25.9 Å². The molecule has 0 spiro atoms. The smallest absolute Gasteiger partial charge is 0.382 e. The molecule has 2 aromatic rings. The van der Waals surface area contributed by atoms with E-state index in [-0.39, 0.29) is 0 Å². The number of aromatic nitrogens is 2. The lowest BCUT2D eigenvalue weighted by molar-refractivity contribution is -0.137.